The van der Waals surface area contributed by atoms with Crippen LogP contribution in [0, 0.1) is 6.92 Å². The molecule has 0 radical (unpaired) electrons. The number of fused-ring (bicyclic) bond motifs is 1. The second-order valence-electron chi connectivity index (χ2n) is 7.12. The fourth-order valence-electron chi connectivity index (χ4n) is 3.78. The molecular weight excluding hydrogens is 352 g/mol. The van der Waals surface area contributed by atoms with Crippen molar-refractivity contribution in [3.05, 3.63) is 70.0 Å². The quantitative estimate of drug-likeness (QED) is 0.705. The fourth-order valence-corrected chi connectivity index (χ4v) is 3.78. The van der Waals surface area contributed by atoms with Gasteiger partial charge in [-0.2, -0.15) is 0 Å². The molecule has 0 saturated carbocycles. The van der Waals surface area contributed by atoms with Gasteiger partial charge in [0.15, 0.2) is 5.82 Å². The fraction of sp³-hybridized carbons (Fsp3) is 0.318. The van der Waals surface area contributed by atoms with E-state index in [1.54, 1.807) is 4.57 Å². The van der Waals surface area contributed by atoms with Gasteiger partial charge in [-0.3, -0.25) is 9.59 Å². The molecule has 1 amide bonds. The van der Waals surface area contributed by atoms with Gasteiger partial charge in [0.25, 0.3) is 11.5 Å². The van der Waals surface area contributed by atoms with Crippen LogP contribution in [0.3, 0.4) is 0 Å². The first-order valence-electron chi connectivity index (χ1n) is 9.69. The molecule has 0 atom stereocenters. The molecule has 144 valence electrons. The van der Waals surface area contributed by atoms with Crippen LogP contribution < -0.4 is 10.5 Å². The third-order valence-electron chi connectivity index (χ3n) is 5.28. The minimum absolute atomic E-state index is 0.0424. The average molecular weight is 376 g/mol. The van der Waals surface area contributed by atoms with Gasteiger partial charge in [-0.25, -0.2) is 4.98 Å². The lowest BCUT2D eigenvalue weighted by Gasteiger charge is -2.35. The zero-order valence-corrected chi connectivity index (χ0v) is 16.3. The highest BCUT2D eigenvalue weighted by Gasteiger charge is 2.25. The first kappa shape index (κ1) is 18.2. The molecule has 3 aromatic rings. The van der Waals surface area contributed by atoms with Crippen molar-refractivity contribution in [2.75, 3.05) is 31.1 Å². The lowest BCUT2D eigenvalue weighted by molar-refractivity contribution is 0.0746. The zero-order valence-electron chi connectivity index (χ0n) is 16.3. The zero-order chi connectivity index (χ0) is 19.7. The number of hydrogen-bond donors (Lipinski definition) is 0. The maximum atomic E-state index is 13.0. The second-order valence-corrected chi connectivity index (χ2v) is 7.12. The highest BCUT2D eigenvalue weighted by Crippen LogP contribution is 2.17. The number of para-hydroxylation sites is 2. The van der Waals surface area contributed by atoms with Crippen molar-refractivity contribution in [3.63, 3.8) is 0 Å². The van der Waals surface area contributed by atoms with E-state index in [0.717, 1.165) is 16.6 Å². The molecule has 0 aliphatic carbocycles. The maximum Gasteiger partial charge on any atom is 0.293 e. The van der Waals surface area contributed by atoms with Crippen molar-refractivity contribution in [3.8, 4) is 0 Å². The highest BCUT2D eigenvalue weighted by atomic mass is 16.2. The van der Waals surface area contributed by atoms with Crippen LogP contribution in [0.4, 0.5) is 5.82 Å². The number of carbonyl (C=O) groups excluding carboxylic acids is 1. The largest absolute Gasteiger partial charge is 0.348 e. The van der Waals surface area contributed by atoms with Crippen molar-refractivity contribution in [1.82, 2.24) is 14.5 Å². The van der Waals surface area contributed by atoms with Crippen LogP contribution in [0.15, 0.2) is 53.3 Å². The topological polar surface area (TPSA) is 58.4 Å². The Morgan fingerprint density at radius 1 is 1.04 bits per heavy atom. The predicted molar refractivity (Wildman–Crippen MR) is 111 cm³/mol. The minimum Gasteiger partial charge on any atom is -0.348 e. The van der Waals surface area contributed by atoms with Gasteiger partial charge in [0.05, 0.1) is 11.0 Å². The summed E-state index contributed by atoms with van der Waals surface area (Å²) < 4.78 is 1.77. The lowest BCUT2D eigenvalue weighted by atomic mass is 10.1. The van der Waals surface area contributed by atoms with Gasteiger partial charge < -0.3 is 14.4 Å². The van der Waals surface area contributed by atoms with Gasteiger partial charge in [-0.05, 0) is 38.1 Å². The van der Waals surface area contributed by atoms with Gasteiger partial charge >= 0.3 is 0 Å². The Balaban J connectivity index is 1.56. The molecule has 4 rings (SSSR count). The van der Waals surface area contributed by atoms with Crippen LogP contribution in [0.25, 0.3) is 11.0 Å². The van der Waals surface area contributed by atoms with Crippen molar-refractivity contribution in [2.45, 2.75) is 20.4 Å². The van der Waals surface area contributed by atoms with Crippen molar-refractivity contribution in [2.24, 2.45) is 0 Å². The normalized spacial score (nSPS) is 14.5. The minimum atomic E-state index is -0.0698. The summed E-state index contributed by atoms with van der Waals surface area (Å²) in [6.45, 7) is 6.90. The number of benzene rings is 2. The third kappa shape index (κ3) is 3.26. The van der Waals surface area contributed by atoms with Gasteiger partial charge in [0.2, 0.25) is 0 Å². The summed E-state index contributed by atoms with van der Waals surface area (Å²) in [6.07, 6.45) is 0. The third-order valence-corrected chi connectivity index (χ3v) is 5.28. The van der Waals surface area contributed by atoms with Crippen molar-refractivity contribution in [1.29, 1.82) is 0 Å². The molecular formula is C22H24N4O2. The van der Waals surface area contributed by atoms with Crippen LogP contribution in [0.2, 0.25) is 0 Å². The van der Waals surface area contributed by atoms with E-state index >= 15 is 0 Å². The summed E-state index contributed by atoms with van der Waals surface area (Å²) in [5.41, 5.74) is 3.39. The van der Waals surface area contributed by atoms with Gasteiger partial charge in [-0.1, -0.05) is 29.8 Å². The summed E-state index contributed by atoms with van der Waals surface area (Å²) in [7, 11) is 0. The number of anilines is 1. The average Bonchev–Trinajstić information content (AvgIpc) is 2.73. The molecule has 1 saturated heterocycles. The van der Waals surface area contributed by atoms with E-state index < -0.39 is 0 Å². The molecule has 0 bridgehead atoms. The molecule has 1 aliphatic rings. The molecule has 2 heterocycles. The second kappa shape index (κ2) is 7.46. The summed E-state index contributed by atoms with van der Waals surface area (Å²) in [5.74, 6) is 0.518. The van der Waals surface area contributed by atoms with Gasteiger partial charge in [0, 0.05) is 38.3 Å². The van der Waals surface area contributed by atoms with E-state index in [1.807, 2.05) is 72.2 Å². The monoisotopic (exact) mass is 376 g/mol. The van der Waals surface area contributed by atoms with E-state index in [-0.39, 0.29) is 11.5 Å². The Hall–Kier alpha value is -3.15. The molecule has 0 N–H and O–H groups in total. The van der Waals surface area contributed by atoms with E-state index in [0.29, 0.717) is 44.1 Å². The molecule has 0 spiro atoms. The first-order chi connectivity index (χ1) is 13.6. The number of nitrogens with zero attached hydrogens (tertiary/aromatic N) is 4. The molecule has 2 aromatic carbocycles. The Kier molecular flexibility index (Phi) is 4.86. The highest BCUT2D eigenvalue weighted by molar-refractivity contribution is 5.94. The number of piperazine rings is 1. The molecule has 1 aromatic heterocycles. The van der Waals surface area contributed by atoms with E-state index in [2.05, 4.69) is 4.98 Å². The Bertz CT molecular complexity index is 1080. The molecule has 0 unspecified atom stereocenters. The van der Waals surface area contributed by atoms with Crippen LogP contribution >= 0.6 is 0 Å². The van der Waals surface area contributed by atoms with Crippen LogP contribution in [0.5, 0.6) is 0 Å². The van der Waals surface area contributed by atoms with Gasteiger partial charge in [0.1, 0.15) is 0 Å². The van der Waals surface area contributed by atoms with Crippen molar-refractivity contribution >= 4 is 22.8 Å². The number of rotatable bonds is 3. The van der Waals surface area contributed by atoms with Crippen LogP contribution in [-0.4, -0.2) is 46.5 Å². The van der Waals surface area contributed by atoms with E-state index in [4.69, 9.17) is 0 Å². The van der Waals surface area contributed by atoms with Crippen molar-refractivity contribution < 1.29 is 4.79 Å². The summed E-state index contributed by atoms with van der Waals surface area (Å²) in [6, 6.07) is 15.4. The van der Waals surface area contributed by atoms with Crippen LogP contribution in [0.1, 0.15) is 22.8 Å². The standard InChI is InChI=1S/C22H24N4O2/c1-3-26-19-10-5-4-9-18(19)23-20(22(26)28)24-11-13-25(14-12-24)21(27)17-8-6-7-16(2)15-17/h4-10,15H,3,11-14H2,1-2H3. The smallest absolute Gasteiger partial charge is 0.293 e. The van der Waals surface area contributed by atoms with Crippen LogP contribution in [-0.2, 0) is 6.54 Å². The van der Waals surface area contributed by atoms with Gasteiger partial charge in [-0.15, -0.1) is 0 Å². The predicted octanol–water partition coefficient (Wildman–Crippen LogP) is 2.69. The maximum absolute atomic E-state index is 13.0. The summed E-state index contributed by atoms with van der Waals surface area (Å²) >= 11 is 0. The van der Waals surface area contributed by atoms with E-state index in [9.17, 15) is 9.59 Å². The molecule has 28 heavy (non-hydrogen) atoms. The summed E-state index contributed by atoms with van der Waals surface area (Å²) in [5, 5.41) is 0. The molecule has 1 aliphatic heterocycles. The summed E-state index contributed by atoms with van der Waals surface area (Å²) in [4.78, 5) is 34.2. The number of hydrogen-bond acceptors (Lipinski definition) is 4. The number of carbonyl (C=O) groups is 1. The Morgan fingerprint density at radius 2 is 1.79 bits per heavy atom. The Morgan fingerprint density at radius 3 is 2.50 bits per heavy atom. The molecule has 1 fully saturated rings. The molecule has 6 nitrogen and oxygen atoms in total. The molecule has 6 heteroatoms. The number of amides is 1. The van der Waals surface area contributed by atoms with E-state index in [1.165, 1.54) is 0 Å². The Labute approximate surface area is 164 Å². The SMILES string of the molecule is CCn1c(=O)c(N2CCN(C(=O)c3cccc(C)c3)CC2)nc2ccccc21. The number of aryl methyl sites for hydroxylation is 2. The first-order valence-corrected chi connectivity index (χ1v) is 9.69. The number of aromatic nitrogens is 2. The lowest BCUT2D eigenvalue weighted by Crippen LogP contribution is -2.50.